The summed E-state index contributed by atoms with van der Waals surface area (Å²) in [7, 11) is 0. The molecule has 15 heavy (non-hydrogen) atoms. The predicted octanol–water partition coefficient (Wildman–Crippen LogP) is 0.946. The first-order chi connectivity index (χ1) is 7.00. The lowest BCUT2D eigenvalue weighted by Crippen LogP contribution is -2.16. The Morgan fingerprint density at radius 1 is 1.67 bits per heavy atom. The van der Waals surface area contributed by atoms with Crippen molar-refractivity contribution in [2.45, 2.75) is 13.0 Å². The standard InChI is InChI=1S/C10H12FNO3/c1-6(13)5-15-10(14)8-3-2-7(11)4-9(8)12/h2-4,6,13H,5,12H2,1H3. The van der Waals surface area contributed by atoms with Crippen molar-refractivity contribution in [2.24, 2.45) is 0 Å². The second-order valence-corrected chi connectivity index (χ2v) is 3.18. The maximum Gasteiger partial charge on any atom is 0.340 e. The fourth-order valence-corrected chi connectivity index (χ4v) is 0.994. The van der Waals surface area contributed by atoms with E-state index >= 15 is 0 Å². The van der Waals surface area contributed by atoms with Gasteiger partial charge in [0.2, 0.25) is 0 Å². The van der Waals surface area contributed by atoms with Gasteiger partial charge >= 0.3 is 5.97 Å². The largest absolute Gasteiger partial charge is 0.459 e. The van der Waals surface area contributed by atoms with E-state index in [4.69, 9.17) is 15.6 Å². The summed E-state index contributed by atoms with van der Waals surface area (Å²) in [5.41, 5.74) is 5.54. The highest BCUT2D eigenvalue weighted by Gasteiger charge is 2.12. The number of carbonyl (C=O) groups excluding carboxylic acids is 1. The Morgan fingerprint density at radius 3 is 2.87 bits per heavy atom. The number of carbonyl (C=O) groups is 1. The molecule has 1 aromatic rings. The van der Waals surface area contributed by atoms with E-state index in [9.17, 15) is 9.18 Å². The quantitative estimate of drug-likeness (QED) is 0.579. The molecule has 3 N–H and O–H groups in total. The van der Waals surface area contributed by atoms with Crippen LogP contribution in [0.15, 0.2) is 18.2 Å². The average molecular weight is 213 g/mol. The maximum absolute atomic E-state index is 12.7. The van der Waals surface area contributed by atoms with Gasteiger partial charge in [-0.25, -0.2) is 9.18 Å². The van der Waals surface area contributed by atoms with Crippen LogP contribution in [0.25, 0.3) is 0 Å². The number of aliphatic hydroxyl groups is 1. The number of halogens is 1. The van der Waals surface area contributed by atoms with Crippen LogP contribution in [0.2, 0.25) is 0 Å². The molecule has 4 nitrogen and oxygen atoms in total. The summed E-state index contributed by atoms with van der Waals surface area (Å²) >= 11 is 0. The van der Waals surface area contributed by atoms with Crippen molar-refractivity contribution in [1.29, 1.82) is 0 Å². The summed E-state index contributed by atoms with van der Waals surface area (Å²) in [5.74, 6) is -1.19. The Morgan fingerprint density at radius 2 is 2.33 bits per heavy atom. The van der Waals surface area contributed by atoms with Crippen molar-refractivity contribution in [3.8, 4) is 0 Å². The van der Waals surface area contributed by atoms with Crippen LogP contribution in [0, 0.1) is 5.82 Å². The fraction of sp³-hybridized carbons (Fsp3) is 0.300. The van der Waals surface area contributed by atoms with E-state index < -0.39 is 17.9 Å². The minimum atomic E-state index is -0.740. The first-order valence-corrected chi connectivity index (χ1v) is 4.41. The van der Waals surface area contributed by atoms with Gasteiger partial charge in [-0.05, 0) is 25.1 Å². The second-order valence-electron chi connectivity index (χ2n) is 3.18. The Balaban J connectivity index is 2.74. The molecule has 1 unspecified atom stereocenters. The first-order valence-electron chi connectivity index (χ1n) is 4.41. The Kier molecular flexibility index (Phi) is 3.62. The van der Waals surface area contributed by atoms with Gasteiger partial charge < -0.3 is 15.6 Å². The zero-order valence-electron chi connectivity index (χ0n) is 8.24. The summed E-state index contributed by atoms with van der Waals surface area (Å²) in [6, 6.07) is 3.41. The molecule has 82 valence electrons. The zero-order valence-corrected chi connectivity index (χ0v) is 8.24. The molecule has 1 rings (SSSR count). The van der Waals surface area contributed by atoms with E-state index in [2.05, 4.69) is 0 Å². The van der Waals surface area contributed by atoms with Gasteiger partial charge in [-0.2, -0.15) is 0 Å². The van der Waals surface area contributed by atoms with Crippen molar-refractivity contribution in [1.82, 2.24) is 0 Å². The van der Waals surface area contributed by atoms with Crippen molar-refractivity contribution >= 4 is 11.7 Å². The van der Waals surface area contributed by atoms with Gasteiger partial charge in [0.1, 0.15) is 12.4 Å². The molecule has 0 bridgehead atoms. The number of rotatable bonds is 3. The summed E-state index contributed by atoms with van der Waals surface area (Å²) in [6.07, 6.45) is -0.740. The topological polar surface area (TPSA) is 72.5 Å². The number of hydrogen-bond acceptors (Lipinski definition) is 4. The number of nitrogens with two attached hydrogens (primary N) is 1. The molecule has 0 fully saturated rings. The van der Waals surface area contributed by atoms with Crippen LogP contribution in [0.4, 0.5) is 10.1 Å². The SMILES string of the molecule is CC(O)COC(=O)c1ccc(F)cc1N. The minimum absolute atomic E-state index is 0.0191. The van der Waals surface area contributed by atoms with E-state index in [-0.39, 0.29) is 17.9 Å². The van der Waals surface area contributed by atoms with Gasteiger partial charge in [-0.3, -0.25) is 0 Å². The fourth-order valence-electron chi connectivity index (χ4n) is 0.994. The molecule has 0 saturated carbocycles. The molecular formula is C10H12FNO3. The van der Waals surface area contributed by atoms with Crippen molar-refractivity contribution in [3.05, 3.63) is 29.6 Å². The van der Waals surface area contributed by atoms with E-state index in [0.717, 1.165) is 12.1 Å². The van der Waals surface area contributed by atoms with E-state index in [1.165, 1.54) is 13.0 Å². The van der Waals surface area contributed by atoms with Crippen LogP contribution in [-0.2, 0) is 4.74 Å². The lowest BCUT2D eigenvalue weighted by molar-refractivity contribution is 0.0297. The van der Waals surface area contributed by atoms with Crippen molar-refractivity contribution in [2.75, 3.05) is 12.3 Å². The first kappa shape index (κ1) is 11.5. The molecule has 0 amide bonds. The molecule has 0 aliphatic carbocycles. The van der Waals surface area contributed by atoms with Crippen LogP contribution in [-0.4, -0.2) is 23.8 Å². The minimum Gasteiger partial charge on any atom is -0.459 e. The molecule has 0 aliphatic rings. The highest BCUT2D eigenvalue weighted by atomic mass is 19.1. The molecule has 0 spiro atoms. The number of benzene rings is 1. The van der Waals surface area contributed by atoms with Crippen LogP contribution in [0.5, 0.6) is 0 Å². The molecule has 0 saturated heterocycles. The maximum atomic E-state index is 12.7. The number of aliphatic hydroxyl groups excluding tert-OH is 1. The molecule has 5 heteroatoms. The highest BCUT2D eigenvalue weighted by molar-refractivity contribution is 5.94. The Hall–Kier alpha value is -1.62. The summed E-state index contributed by atoms with van der Waals surface area (Å²) in [5, 5.41) is 8.89. The van der Waals surface area contributed by atoms with Crippen molar-refractivity contribution in [3.63, 3.8) is 0 Å². The number of hydrogen-bond donors (Lipinski definition) is 2. The van der Waals surface area contributed by atoms with Gasteiger partial charge in [0.15, 0.2) is 0 Å². The predicted molar refractivity (Wildman–Crippen MR) is 52.8 cm³/mol. The van der Waals surface area contributed by atoms with E-state index in [0.29, 0.717) is 0 Å². The van der Waals surface area contributed by atoms with Crippen LogP contribution >= 0.6 is 0 Å². The number of nitrogen functional groups attached to an aromatic ring is 1. The van der Waals surface area contributed by atoms with Crippen LogP contribution in [0.1, 0.15) is 17.3 Å². The van der Waals surface area contributed by atoms with Gasteiger partial charge in [0, 0.05) is 5.69 Å². The monoisotopic (exact) mass is 213 g/mol. The summed E-state index contributed by atoms with van der Waals surface area (Å²) in [6.45, 7) is 1.37. The highest BCUT2D eigenvalue weighted by Crippen LogP contribution is 2.14. The molecule has 1 atom stereocenters. The molecule has 1 aromatic carbocycles. The lowest BCUT2D eigenvalue weighted by atomic mass is 10.2. The van der Waals surface area contributed by atoms with Gasteiger partial charge in [-0.1, -0.05) is 0 Å². The van der Waals surface area contributed by atoms with Crippen LogP contribution in [0.3, 0.4) is 0 Å². The molecule has 0 heterocycles. The molecular weight excluding hydrogens is 201 g/mol. The van der Waals surface area contributed by atoms with E-state index in [1.807, 2.05) is 0 Å². The third-order valence-electron chi connectivity index (χ3n) is 1.69. The molecule has 0 aromatic heterocycles. The van der Waals surface area contributed by atoms with Crippen molar-refractivity contribution < 1.29 is 19.0 Å². The number of anilines is 1. The zero-order chi connectivity index (χ0) is 11.4. The lowest BCUT2D eigenvalue weighted by Gasteiger charge is -2.08. The summed E-state index contributed by atoms with van der Waals surface area (Å²) in [4.78, 5) is 11.3. The third kappa shape index (κ3) is 3.21. The van der Waals surface area contributed by atoms with Crippen LogP contribution < -0.4 is 5.73 Å². The van der Waals surface area contributed by atoms with E-state index in [1.54, 1.807) is 0 Å². The summed E-state index contributed by atoms with van der Waals surface area (Å²) < 4.78 is 17.4. The average Bonchev–Trinajstić information content (AvgIpc) is 2.14. The normalized spacial score (nSPS) is 12.2. The third-order valence-corrected chi connectivity index (χ3v) is 1.69. The number of ether oxygens (including phenoxy) is 1. The number of esters is 1. The second kappa shape index (κ2) is 4.75. The van der Waals surface area contributed by atoms with Gasteiger partial charge in [0.05, 0.1) is 11.7 Å². The van der Waals surface area contributed by atoms with Gasteiger partial charge in [0.25, 0.3) is 0 Å². The Labute approximate surface area is 86.5 Å². The molecule has 0 radical (unpaired) electrons. The molecule has 0 aliphatic heterocycles. The van der Waals surface area contributed by atoms with Gasteiger partial charge in [-0.15, -0.1) is 0 Å². The smallest absolute Gasteiger partial charge is 0.340 e. The Bertz CT molecular complexity index is 366.